The fraction of sp³-hybridized carbons (Fsp3) is 0.429. The average molecular weight is 244 g/mol. The first-order valence-corrected chi connectivity index (χ1v) is 6.42. The molecular weight excluding hydrogens is 224 g/mol. The number of nitrogens with zero attached hydrogens (tertiary/aromatic N) is 3. The van der Waals surface area contributed by atoms with Gasteiger partial charge in [-0.15, -0.1) is 0 Å². The van der Waals surface area contributed by atoms with Crippen LogP contribution in [0.15, 0.2) is 30.7 Å². The first-order valence-electron chi connectivity index (χ1n) is 6.42. The fourth-order valence-corrected chi connectivity index (χ4v) is 1.95. The molecule has 18 heavy (non-hydrogen) atoms. The molecule has 0 aliphatic carbocycles. The van der Waals surface area contributed by atoms with Crippen molar-refractivity contribution in [2.24, 2.45) is 0 Å². The Bertz CT molecular complexity index is 490. The van der Waals surface area contributed by atoms with E-state index in [-0.39, 0.29) is 0 Å². The topological polar surface area (TPSA) is 42.7 Å². The van der Waals surface area contributed by atoms with E-state index in [0.29, 0.717) is 0 Å². The molecule has 2 aromatic rings. The van der Waals surface area contributed by atoms with E-state index in [0.717, 1.165) is 37.6 Å². The highest BCUT2D eigenvalue weighted by atomic mass is 15.1. The lowest BCUT2D eigenvalue weighted by atomic mass is 10.2. The van der Waals surface area contributed by atoms with Crippen LogP contribution >= 0.6 is 0 Å². The second-order valence-electron chi connectivity index (χ2n) is 4.41. The number of hydrogen-bond acceptors (Lipinski definition) is 3. The van der Waals surface area contributed by atoms with Crippen LogP contribution in [0.3, 0.4) is 0 Å². The van der Waals surface area contributed by atoms with E-state index in [1.165, 1.54) is 5.56 Å². The Kier molecular flexibility index (Phi) is 4.47. The van der Waals surface area contributed by atoms with Crippen molar-refractivity contribution in [2.45, 2.75) is 39.9 Å². The van der Waals surface area contributed by atoms with Crippen molar-refractivity contribution in [1.29, 1.82) is 0 Å². The van der Waals surface area contributed by atoms with Gasteiger partial charge >= 0.3 is 0 Å². The summed E-state index contributed by atoms with van der Waals surface area (Å²) in [5, 5.41) is 3.40. The third kappa shape index (κ3) is 3.17. The van der Waals surface area contributed by atoms with E-state index in [1.54, 1.807) is 0 Å². The Labute approximate surface area is 108 Å². The van der Waals surface area contributed by atoms with Crippen molar-refractivity contribution in [3.8, 4) is 0 Å². The van der Waals surface area contributed by atoms with Crippen molar-refractivity contribution >= 4 is 0 Å². The minimum absolute atomic E-state index is 0.781. The van der Waals surface area contributed by atoms with Crippen molar-refractivity contribution in [3.63, 3.8) is 0 Å². The largest absolute Gasteiger partial charge is 0.334 e. The number of aromatic nitrogens is 3. The number of hydrogen-bond donors (Lipinski definition) is 1. The van der Waals surface area contributed by atoms with Gasteiger partial charge in [-0.25, -0.2) is 4.98 Å². The van der Waals surface area contributed by atoms with Gasteiger partial charge in [0.2, 0.25) is 0 Å². The quantitative estimate of drug-likeness (QED) is 0.847. The van der Waals surface area contributed by atoms with E-state index in [9.17, 15) is 0 Å². The van der Waals surface area contributed by atoms with Crippen LogP contribution < -0.4 is 5.32 Å². The Hall–Kier alpha value is -1.68. The Morgan fingerprint density at radius 1 is 1.22 bits per heavy atom. The lowest BCUT2D eigenvalue weighted by Crippen LogP contribution is -2.18. The van der Waals surface area contributed by atoms with Gasteiger partial charge in [-0.05, 0) is 25.0 Å². The first-order chi connectivity index (χ1) is 8.81. The molecule has 0 bridgehead atoms. The fourth-order valence-electron chi connectivity index (χ4n) is 1.95. The van der Waals surface area contributed by atoms with Gasteiger partial charge in [0, 0.05) is 31.7 Å². The average Bonchev–Trinajstić information content (AvgIpc) is 2.80. The third-order valence-electron chi connectivity index (χ3n) is 2.96. The Morgan fingerprint density at radius 3 is 2.89 bits per heavy atom. The molecule has 0 fully saturated rings. The second kappa shape index (κ2) is 6.31. The van der Waals surface area contributed by atoms with E-state index in [2.05, 4.69) is 39.8 Å². The molecule has 0 radical (unpaired) electrons. The monoisotopic (exact) mass is 244 g/mol. The standard InChI is InChI=1S/C14H20N4/c1-3-8-18-9-7-17-14(18)11-15-10-13-12(2)5-4-6-16-13/h4-7,9,15H,3,8,10-11H2,1-2H3. The molecule has 96 valence electrons. The first kappa shape index (κ1) is 12.8. The molecule has 0 saturated carbocycles. The minimum Gasteiger partial charge on any atom is -0.334 e. The molecular formula is C14H20N4. The lowest BCUT2D eigenvalue weighted by Gasteiger charge is -2.08. The van der Waals surface area contributed by atoms with Crippen molar-refractivity contribution in [1.82, 2.24) is 19.9 Å². The van der Waals surface area contributed by atoms with Crippen LogP contribution in [0.2, 0.25) is 0 Å². The molecule has 0 aliphatic rings. The van der Waals surface area contributed by atoms with Gasteiger partial charge < -0.3 is 9.88 Å². The normalized spacial score (nSPS) is 10.8. The summed E-state index contributed by atoms with van der Waals surface area (Å²) in [5.41, 5.74) is 2.33. The van der Waals surface area contributed by atoms with Gasteiger partial charge in [0.05, 0.1) is 12.2 Å². The van der Waals surface area contributed by atoms with E-state index in [4.69, 9.17) is 0 Å². The van der Waals surface area contributed by atoms with Crippen molar-refractivity contribution in [2.75, 3.05) is 0 Å². The maximum absolute atomic E-state index is 4.37. The van der Waals surface area contributed by atoms with Crippen LogP contribution in [0, 0.1) is 6.92 Å². The minimum atomic E-state index is 0.781. The van der Waals surface area contributed by atoms with Gasteiger partial charge in [0.25, 0.3) is 0 Å². The zero-order valence-electron chi connectivity index (χ0n) is 11.1. The lowest BCUT2D eigenvalue weighted by molar-refractivity contribution is 0.584. The van der Waals surface area contributed by atoms with E-state index >= 15 is 0 Å². The molecule has 0 atom stereocenters. The summed E-state index contributed by atoms with van der Waals surface area (Å²) < 4.78 is 2.19. The van der Waals surface area contributed by atoms with E-state index < -0.39 is 0 Å². The maximum atomic E-state index is 4.37. The van der Waals surface area contributed by atoms with Gasteiger partial charge in [-0.1, -0.05) is 13.0 Å². The number of imidazole rings is 1. The molecule has 0 saturated heterocycles. The van der Waals surface area contributed by atoms with Crippen LogP contribution in [0.1, 0.15) is 30.4 Å². The number of nitrogens with one attached hydrogen (secondary N) is 1. The molecule has 0 unspecified atom stereocenters. The van der Waals surface area contributed by atoms with Crippen LogP contribution in [0.5, 0.6) is 0 Å². The summed E-state index contributed by atoms with van der Waals surface area (Å²) in [5.74, 6) is 1.09. The number of rotatable bonds is 6. The van der Waals surface area contributed by atoms with Crippen LogP contribution in [0.4, 0.5) is 0 Å². The molecule has 2 heterocycles. The van der Waals surface area contributed by atoms with Gasteiger partial charge in [0.1, 0.15) is 5.82 Å². The van der Waals surface area contributed by atoms with Gasteiger partial charge in [0.15, 0.2) is 0 Å². The van der Waals surface area contributed by atoms with E-state index in [1.807, 2.05) is 24.7 Å². The zero-order chi connectivity index (χ0) is 12.8. The smallest absolute Gasteiger partial charge is 0.122 e. The highest BCUT2D eigenvalue weighted by Crippen LogP contribution is 2.03. The number of aryl methyl sites for hydroxylation is 2. The summed E-state index contributed by atoms with van der Waals surface area (Å²) in [6, 6.07) is 4.05. The predicted molar refractivity (Wildman–Crippen MR) is 72.0 cm³/mol. The molecule has 4 nitrogen and oxygen atoms in total. The Balaban J connectivity index is 1.88. The summed E-state index contributed by atoms with van der Waals surface area (Å²) in [7, 11) is 0. The molecule has 2 aromatic heterocycles. The summed E-state index contributed by atoms with van der Waals surface area (Å²) in [6.45, 7) is 6.85. The summed E-state index contributed by atoms with van der Waals surface area (Å²) in [4.78, 5) is 8.73. The SMILES string of the molecule is CCCn1ccnc1CNCc1ncccc1C. The molecule has 0 amide bonds. The number of pyridine rings is 1. The maximum Gasteiger partial charge on any atom is 0.122 e. The van der Waals surface area contributed by atoms with Crippen molar-refractivity contribution in [3.05, 3.63) is 47.8 Å². The van der Waals surface area contributed by atoms with Crippen molar-refractivity contribution < 1.29 is 0 Å². The molecule has 0 spiro atoms. The molecule has 1 N–H and O–H groups in total. The third-order valence-corrected chi connectivity index (χ3v) is 2.96. The second-order valence-corrected chi connectivity index (χ2v) is 4.41. The molecule has 2 rings (SSSR count). The highest BCUT2D eigenvalue weighted by molar-refractivity contribution is 5.17. The zero-order valence-corrected chi connectivity index (χ0v) is 11.1. The molecule has 4 heteroatoms. The van der Waals surface area contributed by atoms with Crippen LogP contribution in [-0.2, 0) is 19.6 Å². The molecule has 0 aromatic carbocycles. The Morgan fingerprint density at radius 2 is 2.11 bits per heavy atom. The van der Waals surface area contributed by atoms with Crippen LogP contribution in [0.25, 0.3) is 0 Å². The van der Waals surface area contributed by atoms with Gasteiger partial charge in [-0.2, -0.15) is 0 Å². The summed E-state index contributed by atoms with van der Waals surface area (Å²) in [6.07, 6.45) is 6.86. The van der Waals surface area contributed by atoms with Crippen LogP contribution in [-0.4, -0.2) is 14.5 Å². The summed E-state index contributed by atoms with van der Waals surface area (Å²) >= 11 is 0. The highest BCUT2D eigenvalue weighted by Gasteiger charge is 2.02. The van der Waals surface area contributed by atoms with Gasteiger partial charge in [-0.3, -0.25) is 4.98 Å². The predicted octanol–water partition coefficient (Wildman–Crippen LogP) is 2.29. The molecule has 0 aliphatic heterocycles.